The number of hydrogen-bond acceptors (Lipinski definition) is 3. The molecule has 0 aliphatic carbocycles. The highest BCUT2D eigenvalue weighted by atomic mass is 35.5. The van der Waals surface area contributed by atoms with Crippen molar-refractivity contribution < 1.29 is 4.79 Å². The van der Waals surface area contributed by atoms with Gasteiger partial charge in [0.05, 0.1) is 11.0 Å². The van der Waals surface area contributed by atoms with Crippen molar-refractivity contribution in [3.8, 4) is 0 Å². The highest BCUT2D eigenvalue weighted by Crippen LogP contribution is 2.32. The van der Waals surface area contributed by atoms with Gasteiger partial charge in [0.1, 0.15) is 11.9 Å². The largest absolute Gasteiger partial charge is 0.338 e. The molecule has 1 amide bonds. The summed E-state index contributed by atoms with van der Waals surface area (Å²) in [6, 6.07) is 22.9. The maximum atomic E-state index is 14.2. The van der Waals surface area contributed by atoms with Gasteiger partial charge < -0.3 is 14.4 Å². The molecule has 7 heteroatoms. The number of benzene rings is 3. The van der Waals surface area contributed by atoms with Crippen molar-refractivity contribution in [3.05, 3.63) is 99.8 Å². The van der Waals surface area contributed by atoms with Crippen molar-refractivity contribution in [1.82, 2.24) is 19.4 Å². The van der Waals surface area contributed by atoms with Crippen LogP contribution in [0.2, 0.25) is 10.0 Å². The summed E-state index contributed by atoms with van der Waals surface area (Å²) < 4.78 is 2.08. The Labute approximate surface area is 215 Å². The molecular formula is C28H28Cl2N4O. The summed E-state index contributed by atoms with van der Waals surface area (Å²) in [7, 11) is 0. The normalized spacial score (nSPS) is 15.5. The van der Waals surface area contributed by atoms with Crippen LogP contribution in [0.15, 0.2) is 72.8 Å². The lowest BCUT2D eigenvalue weighted by molar-refractivity contribution is -0.135. The zero-order valence-electron chi connectivity index (χ0n) is 19.7. The van der Waals surface area contributed by atoms with Crippen molar-refractivity contribution in [1.29, 1.82) is 0 Å². The molecule has 180 valence electrons. The average molecular weight is 507 g/mol. The zero-order chi connectivity index (χ0) is 24.4. The first-order valence-corrected chi connectivity index (χ1v) is 12.8. The van der Waals surface area contributed by atoms with Gasteiger partial charge >= 0.3 is 0 Å². The van der Waals surface area contributed by atoms with Crippen LogP contribution in [-0.2, 0) is 11.2 Å². The van der Waals surface area contributed by atoms with Crippen molar-refractivity contribution in [2.45, 2.75) is 19.4 Å². The number of piperazine rings is 1. The number of rotatable bonds is 6. The molecule has 5 rings (SSSR count). The van der Waals surface area contributed by atoms with E-state index in [1.165, 1.54) is 0 Å². The van der Waals surface area contributed by atoms with E-state index in [0.29, 0.717) is 29.6 Å². The number of hydrogen-bond donors (Lipinski definition) is 0. The van der Waals surface area contributed by atoms with Crippen LogP contribution in [0, 0.1) is 0 Å². The van der Waals surface area contributed by atoms with E-state index in [9.17, 15) is 4.79 Å². The lowest BCUT2D eigenvalue weighted by Crippen LogP contribution is -2.50. The molecule has 3 aromatic carbocycles. The summed E-state index contributed by atoms with van der Waals surface area (Å²) in [5.74, 6) is 0.845. The minimum Gasteiger partial charge on any atom is -0.338 e. The van der Waals surface area contributed by atoms with E-state index in [4.69, 9.17) is 28.2 Å². The lowest BCUT2D eigenvalue weighted by Gasteiger charge is -2.36. The van der Waals surface area contributed by atoms with Crippen LogP contribution in [0.1, 0.15) is 29.9 Å². The standard InChI is InChI=1S/C28H28Cl2N4O/c1-2-32-15-17-33(18-16-32)28(35)27(20-9-4-3-5-10-20)34-25-14-7-6-13-24(25)31-26(34)19-21-22(29)11-8-12-23(21)30/h3-14,27H,2,15-19H2,1H3. The Morgan fingerprint density at radius 3 is 2.23 bits per heavy atom. The van der Waals surface area contributed by atoms with Gasteiger partial charge in [0.2, 0.25) is 5.91 Å². The molecule has 1 aliphatic rings. The molecule has 5 nitrogen and oxygen atoms in total. The molecule has 1 saturated heterocycles. The molecule has 1 unspecified atom stereocenters. The first-order chi connectivity index (χ1) is 17.1. The maximum absolute atomic E-state index is 14.2. The van der Waals surface area contributed by atoms with E-state index in [0.717, 1.165) is 47.6 Å². The molecule has 0 radical (unpaired) electrons. The minimum absolute atomic E-state index is 0.0848. The van der Waals surface area contributed by atoms with Crippen LogP contribution >= 0.6 is 23.2 Å². The molecule has 0 bridgehead atoms. The molecule has 1 aliphatic heterocycles. The first-order valence-electron chi connectivity index (χ1n) is 12.0. The Hall–Kier alpha value is -2.86. The second kappa shape index (κ2) is 10.4. The van der Waals surface area contributed by atoms with E-state index < -0.39 is 6.04 Å². The molecule has 1 fully saturated rings. The number of halogens is 2. The number of fused-ring (bicyclic) bond motifs is 1. The van der Waals surface area contributed by atoms with Gasteiger partial charge in [-0.05, 0) is 41.9 Å². The lowest BCUT2D eigenvalue weighted by atomic mass is 10.0. The fraction of sp³-hybridized carbons (Fsp3) is 0.286. The third kappa shape index (κ3) is 4.81. The topological polar surface area (TPSA) is 41.4 Å². The average Bonchev–Trinajstić information content (AvgIpc) is 3.25. The Morgan fingerprint density at radius 1 is 0.886 bits per heavy atom. The predicted molar refractivity (Wildman–Crippen MR) is 142 cm³/mol. The summed E-state index contributed by atoms with van der Waals surface area (Å²) >= 11 is 13.1. The fourth-order valence-corrected chi connectivity index (χ4v) is 5.39. The van der Waals surface area contributed by atoms with Crippen LogP contribution in [0.5, 0.6) is 0 Å². The van der Waals surface area contributed by atoms with Gasteiger partial charge in [0, 0.05) is 42.6 Å². The summed E-state index contributed by atoms with van der Waals surface area (Å²) in [6.07, 6.45) is 0.424. The van der Waals surface area contributed by atoms with Gasteiger partial charge in [-0.3, -0.25) is 4.79 Å². The van der Waals surface area contributed by atoms with Gasteiger partial charge in [-0.1, -0.05) is 78.7 Å². The number of carbonyl (C=O) groups is 1. The van der Waals surface area contributed by atoms with Crippen LogP contribution in [0.3, 0.4) is 0 Å². The molecule has 1 aromatic heterocycles. The zero-order valence-corrected chi connectivity index (χ0v) is 21.2. The molecule has 0 N–H and O–H groups in total. The van der Waals surface area contributed by atoms with Crippen molar-refractivity contribution >= 4 is 40.1 Å². The van der Waals surface area contributed by atoms with Crippen molar-refractivity contribution in [3.63, 3.8) is 0 Å². The van der Waals surface area contributed by atoms with Crippen molar-refractivity contribution in [2.75, 3.05) is 32.7 Å². The van der Waals surface area contributed by atoms with Gasteiger partial charge in [-0.2, -0.15) is 0 Å². The number of imidazole rings is 1. The predicted octanol–water partition coefficient (Wildman–Crippen LogP) is 5.69. The van der Waals surface area contributed by atoms with Crippen LogP contribution in [0.4, 0.5) is 0 Å². The highest BCUT2D eigenvalue weighted by Gasteiger charge is 2.32. The first kappa shape index (κ1) is 23.9. The van der Waals surface area contributed by atoms with Gasteiger partial charge in [0.15, 0.2) is 0 Å². The number of aromatic nitrogens is 2. The van der Waals surface area contributed by atoms with E-state index >= 15 is 0 Å². The second-order valence-corrected chi connectivity index (χ2v) is 9.65. The number of para-hydroxylation sites is 2. The fourth-order valence-electron chi connectivity index (χ4n) is 4.86. The van der Waals surface area contributed by atoms with Crippen molar-refractivity contribution in [2.24, 2.45) is 0 Å². The third-order valence-corrected chi connectivity index (χ3v) is 7.51. The molecule has 1 atom stereocenters. The van der Waals surface area contributed by atoms with E-state index in [1.807, 2.05) is 77.7 Å². The van der Waals surface area contributed by atoms with Crippen LogP contribution in [0.25, 0.3) is 11.0 Å². The van der Waals surface area contributed by atoms with Crippen LogP contribution in [-0.4, -0.2) is 58.0 Å². The van der Waals surface area contributed by atoms with Gasteiger partial charge in [-0.15, -0.1) is 0 Å². The number of amides is 1. The van der Waals surface area contributed by atoms with E-state index in [1.54, 1.807) is 0 Å². The van der Waals surface area contributed by atoms with E-state index in [-0.39, 0.29) is 5.91 Å². The summed E-state index contributed by atoms with van der Waals surface area (Å²) in [6.45, 7) is 6.36. The maximum Gasteiger partial charge on any atom is 0.250 e. The summed E-state index contributed by atoms with van der Waals surface area (Å²) in [5, 5.41) is 1.18. The SMILES string of the molecule is CCN1CCN(C(=O)C(c2ccccc2)n2c(Cc3c(Cl)cccc3Cl)nc3ccccc32)CC1. The number of nitrogens with zero attached hydrogens (tertiary/aromatic N) is 4. The Kier molecular flexibility index (Phi) is 7.09. The minimum atomic E-state index is -0.534. The number of likely N-dealkylation sites (N-methyl/N-ethyl adjacent to an activating group) is 1. The summed E-state index contributed by atoms with van der Waals surface area (Å²) in [4.78, 5) is 23.5. The quantitative estimate of drug-likeness (QED) is 0.337. The molecular weight excluding hydrogens is 479 g/mol. The molecule has 4 aromatic rings. The molecule has 0 spiro atoms. The Bertz CT molecular complexity index is 1310. The van der Waals surface area contributed by atoms with Crippen LogP contribution < -0.4 is 0 Å². The Morgan fingerprint density at radius 2 is 1.54 bits per heavy atom. The summed E-state index contributed by atoms with van der Waals surface area (Å²) in [5.41, 5.74) is 3.50. The second-order valence-electron chi connectivity index (χ2n) is 8.84. The number of carbonyl (C=O) groups excluding carboxylic acids is 1. The molecule has 2 heterocycles. The molecule has 35 heavy (non-hydrogen) atoms. The molecule has 0 saturated carbocycles. The van der Waals surface area contributed by atoms with E-state index in [2.05, 4.69) is 16.4 Å². The highest BCUT2D eigenvalue weighted by molar-refractivity contribution is 6.36. The monoisotopic (exact) mass is 506 g/mol. The smallest absolute Gasteiger partial charge is 0.250 e. The van der Waals surface area contributed by atoms with Gasteiger partial charge in [-0.25, -0.2) is 4.98 Å². The third-order valence-electron chi connectivity index (χ3n) is 6.80. The van der Waals surface area contributed by atoms with Gasteiger partial charge in [0.25, 0.3) is 0 Å². The Balaban J connectivity index is 1.64.